The molecule has 1 fully saturated rings. The highest BCUT2D eigenvalue weighted by molar-refractivity contribution is 5.99. The monoisotopic (exact) mass is 613 g/mol. The van der Waals surface area contributed by atoms with E-state index in [9.17, 15) is 4.79 Å². The Morgan fingerprint density at radius 3 is 2.09 bits per heavy atom. The summed E-state index contributed by atoms with van der Waals surface area (Å²) in [5.74, 6) is 3.51. The minimum absolute atomic E-state index is 0.132. The Bertz CT molecular complexity index is 1430. The first-order chi connectivity index (χ1) is 21.8. The van der Waals surface area contributed by atoms with Gasteiger partial charge in [-0.2, -0.15) is 0 Å². The number of allylic oxidation sites excluding steroid dienone is 1. The van der Waals surface area contributed by atoms with Gasteiger partial charge in [-0.05, 0) is 117 Å². The largest absolute Gasteiger partial charge is 0.492 e. The number of fused-ring (bicyclic) bond motifs is 1. The summed E-state index contributed by atoms with van der Waals surface area (Å²) in [5.41, 5.74) is 4.92. The molecule has 7 heteroatoms. The average Bonchev–Trinajstić information content (AvgIpc) is 3.52. The molecule has 0 amide bonds. The van der Waals surface area contributed by atoms with Crippen LogP contribution in [0.2, 0.25) is 0 Å². The highest BCUT2D eigenvalue weighted by atomic mass is 16.7. The van der Waals surface area contributed by atoms with Crippen LogP contribution in [0.1, 0.15) is 82.9 Å². The van der Waals surface area contributed by atoms with E-state index in [1.54, 1.807) is 0 Å². The molecule has 7 nitrogen and oxygen atoms in total. The molecule has 1 N–H and O–H groups in total. The Morgan fingerprint density at radius 1 is 0.822 bits per heavy atom. The Hall–Kier alpha value is -3.97. The molecule has 0 unspecified atom stereocenters. The average molecular weight is 614 g/mol. The molecule has 3 aromatic carbocycles. The molecule has 0 radical (unpaired) electrons. The summed E-state index contributed by atoms with van der Waals surface area (Å²) in [6.45, 7) is 10.3. The maximum Gasteiger partial charge on any atom is 0.314 e. The molecule has 1 aliphatic heterocycles. The third-order valence-electron chi connectivity index (χ3n) is 8.40. The van der Waals surface area contributed by atoms with Gasteiger partial charge in [0.2, 0.25) is 13.6 Å². The van der Waals surface area contributed by atoms with Gasteiger partial charge in [-0.15, -0.1) is 0 Å². The number of ether oxygens (including phenoxy) is 5. The van der Waals surface area contributed by atoms with Crippen molar-refractivity contribution in [1.29, 1.82) is 0 Å². The van der Waals surface area contributed by atoms with Crippen molar-refractivity contribution in [2.45, 2.75) is 66.2 Å². The predicted octanol–water partition coefficient (Wildman–Crippen LogP) is 8.26. The molecule has 3 aromatic rings. The number of benzene rings is 3. The van der Waals surface area contributed by atoms with E-state index in [1.165, 1.54) is 37.7 Å². The van der Waals surface area contributed by atoms with Gasteiger partial charge in [0.25, 0.3) is 0 Å². The first kappa shape index (κ1) is 32.4. The van der Waals surface area contributed by atoms with Gasteiger partial charge in [0.1, 0.15) is 18.1 Å². The Morgan fingerprint density at radius 2 is 1.44 bits per heavy atom. The van der Waals surface area contributed by atoms with Crippen molar-refractivity contribution in [3.05, 3.63) is 83.4 Å². The summed E-state index contributed by atoms with van der Waals surface area (Å²) in [6.07, 6.45) is 7.62. The Kier molecular flexibility index (Phi) is 11.1. The molecular formula is C38H47NO6. The lowest BCUT2D eigenvalue weighted by molar-refractivity contribution is -0.159. The van der Waals surface area contributed by atoms with Crippen LogP contribution in [0.15, 0.2) is 66.7 Å². The number of hydrogen-bond acceptors (Lipinski definition) is 7. The van der Waals surface area contributed by atoms with E-state index < -0.39 is 5.41 Å². The molecule has 0 saturated heterocycles. The van der Waals surface area contributed by atoms with Crippen LogP contribution in [-0.2, 0) is 9.53 Å². The van der Waals surface area contributed by atoms with E-state index in [0.29, 0.717) is 12.4 Å². The van der Waals surface area contributed by atoms with Crippen molar-refractivity contribution in [1.82, 2.24) is 5.32 Å². The van der Waals surface area contributed by atoms with E-state index in [4.69, 9.17) is 23.7 Å². The van der Waals surface area contributed by atoms with Crippen LogP contribution in [0.25, 0.3) is 11.1 Å². The topological polar surface area (TPSA) is 75.2 Å². The van der Waals surface area contributed by atoms with Crippen LogP contribution in [0, 0.1) is 11.3 Å². The van der Waals surface area contributed by atoms with Crippen molar-refractivity contribution >= 4 is 17.1 Å². The minimum Gasteiger partial charge on any atom is -0.492 e. The van der Waals surface area contributed by atoms with Crippen LogP contribution < -0.4 is 24.3 Å². The first-order valence-electron chi connectivity index (χ1n) is 16.3. The zero-order valence-electron chi connectivity index (χ0n) is 27.2. The van der Waals surface area contributed by atoms with Gasteiger partial charge in [0, 0.05) is 6.54 Å². The molecule has 240 valence electrons. The molecular weight excluding hydrogens is 566 g/mol. The van der Waals surface area contributed by atoms with Crippen molar-refractivity contribution in [2.24, 2.45) is 11.3 Å². The van der Waals surface area contributed by atoms with Crippen molar-refractivity contribution in [2.75, 3.05) is 33.3 Å². The molecule has 45 heavy (non-hydrogen) atoms. The van der Waals surface area contributed by atoms with E-state index in [0.717, 1.165) is 64.9 Å². The quantitative estimate of drug-likeness (QED) is 0.0900. The van der Waals surface area contributed by atoms with Gasteiger partial charge in [0.15, 0.2) is 11.5 Å². The molecule has 0 atom stereocenters. The molecule has 1 heterocycles. The van der Waals surface area contributed by atoms with E-state index in [1.807, 2.05) is 63.2 Å². The maximum atomic E-state index is 12.1. The van der Waals surface area contributed by atoms with Gasteiger partial charge < -0.3 is 29.0 Å². The number of nitrogens with one attached hydrogen (secondary N) is 1. The zero-order valence-corrected chi connectivity index (χ0v) is 27.2. The summed E-state index contributed by atoms with van der Waals surface area (Å²) in [4.78, 5) is 12.1. The van der Waals surface area contributed by atoms with Crippen LogP contribution in [-0.4, -0.2) is 39.3 Å². The highest BCUT2D eigenvalue weighted by Crippen LogP contribution is 2.40. The number of esters is 1. The van der Waals surface area contributed by atoms with Crippen LogP contribution in [0.3, 0.4) is 0 Å². The third-order valence-corrected chi connectivity index (χ3v) is 8.40. The fourth-order valence-corrected chi connectivity index (χ4v) is 5.87. The number of carbonyl (C=O) groups excluding carboxylic acids is 1. The molecule has 1 saturated carbocycles. The smallest absolute Gasteiger partial charge is 0.314 e. The number of rotatable bonds is 13. The second kappa shape index (κ2) is 15.3. The SMILES string of the molecule is CC/C(=C(/c1ccc(OCCNCC2CCCCC2)cc1)c1ccc(OCOC(=O)C(C)(C)C)cc1)c1ccc2c(c1)OCO2. The normalized spacial score (nSPS) is 15.4. The van der Waals surface area contributed by atoms with Crippen LogP contribution in [0.4, 0.5) is 0 Å². The Labute approximate surface area is 267 Å². The number of hydrogen-bond donors (Lipinski definition) is 1. The lowest BCUT2D eigenvalue weighted by Crippen LogP contribution is -2.28. The van der Waals surface area contributed by atoms with Crippen molar-refractivity contribution in [3.63, 3.8) is 0 Å². The standard InChI is InChI=1S/C38H47NO6/c1-5-33(30-15-20-34-35(23-30)44-26-43-34)36(29-13-18-32(19-14-29)42-25-45-37(40)38(2,3)4)28-11-16-31(17-12-28)41-22-21-39-24-27-9-7-6-8-10-27/h11-20,23,27,39H,5-10,21-22,24-26H2,1-4H3/b36-33+. The van der Waals surface area contributed by atoms with Gasteiger partial charge in [-0.3, -0.25) is 4.79 Å². The molecule has 1 aliphatic carbocycles. The zero-order chi connectivity index (χ0) is 31.6. The fourth-order valence-electron chi connectivity index (χ4n) is 5.87. The molecule has 0 bridgehead atoms. The predicted molar refractivity (Wildman–Crippen MR) is 178 cm³/mol. The van der Waals surface area contributed by atoms with Gasteiger partial charge in [-0.1, -0.05) is 56.5 Å². The van der Waals surface area contributed by atoms with E-state index in [-0.39, 0.29) is 19.6 Å². The summed E-state index contributed by atoms with van der Waals surface area (Å²) in [7, 11) is 0. The lowest BCUT2D eigenvalue weighted by atomic mass is 9.88. The molecule has 0 spiro atoms. The minimum atomic E-state index is -0.579. The molecule has 5 rings (SSSR count). The summed E-state index contributed by atoms with van der Waals surface area (Å²) in [6, 6.07) is 22.4. The summed E-state index contributed by atoms with van der Waals surface area (Å²) >= 11 is 0. The lowest BCUT2D eigenvalue weighted by Gasteiger charge is -2.21. The van der Waals surface area contributed by atoms with Crippen LogP contribution >= 0.6 is 0 Å². The summed E-state index contributed by atoms with van der Waals surface area (Å²) in [5, 5.41) is 3.58. The first-order valence-corrected chi connectivity index (χ1v) is 16.3. The fraction of sp³-hybridized carbons (Fsp3) is 0.447. The second-order valence-corrected chi connectivity index (χ2v) is 12.8. The van der Waals surface area contributed by atoms with Crippen molar-refractivity contribution in [3.8, 4) is 23.0 Å². The van der Waals surface area contributed by atoms with Gasteiger partial charge >= 0.3 is 5.97 Å². The van der Waals surface area contributed by atoms with E-state index in [2.05, 4.69) is 36.5 Å². The van der Waals surface area contributed by atoms with Gasteiger partial charge in [-0.25, -0.2) is 0 Å². The van der Waals surface area contributed by atoms with Crippen LogP contribution in [0.5, 0.6) is 23.0 Å². The Balaban J connectivity index is 1.32. The summed E-state index contributed by atoms with van der Waals surface area (Å²) < 4.78 is 28.4. The highest BCUT2D eigenvalue weighted by Gasteiger charge is 2.23. The maximum absolute atomic E-state index is 12.1. The molecule has 2 aliphatic rings. The van der Waals surface area contributed by atoms with Gasteiger partial charge in [0.05, 0.1) is 5.41 Å². The second-order valence-electron chi connectivity index (χ2n) is 12.8. The molecule has 0 aromatic heterocycles. The third kappa shape index (κ3) is 8.82. The number of carbonyl (C=O) groups is 1. The van der Waals surface area contributed by atoms with E-state index >= 15 is 0 Å². The van der Waals surface area contributed by atoms with Crippen molar-refractivity contribution < 1.29 is 28.5 Å².